The molecule has 2 aliphatic rings. The van der Waals surface area contributed by atoms with Crippen LogP contribution in [0.1, 0.15) is 37.7 Å². The fraction of sp³-hybridized carbons (Fsp3) is 0.400. The number of hydrogen-bond donors (Lipinski definition) is 3. The number of anilines is 3. The van der Waals surface area contributed by atoms with E-state index in [2.05, 4.69) is 27.5 Å². The van der Waals surface area contributed by atoms with Gasteiger partial charge in [-0.3, -0.25) is 19.4 Å². The molecule has 152 valence electrons. The van der Waals surface area contributed by atoms with Crippen LogP contribution in [0, 0.1) is 11.7 Å². The standard InChI is InChI=1S/C20H22FN5O3/c1-11-4-3-7-26(10-11)20-24-17-16(19(29)25-20)14(9-15(27)23-17)18(28)22-13-6-2-5-12(21)8-13/h2,5-6,8,11,14H,3-4,7,9-10H2,1H3,(H,22,28)(H2,23,24,25,27,29)/t11-,14-/m0/s1. The maximum atomic E-state index is 13.4. The van der Waals surface area contributed by atoms with Gasteiger partial charge in [0.25, 0.3) is 5.56 Å². The number of benzene rings is 1. The first-order valence-electron chi connectivity index (χ1n) is 9.66. The summed E-state index contributed by atoms with van der Waals surface area (Å²) in [6.45, 7) is 3.67. The first-order chi connectivity index (χ1) is 13.9. The Bertz CT molecular complexity index is 1020. The zero-order valence-electron chi connectivity index (χ0n) is 16.0. The fourth-order valence-electron chi connectivity index (χ4n) is 3.91. The van der Waals surface area contributed by atoms with E-state index in [9.17, 15) is 18.8 Å². The van der Waals surface area contributed by atoms with Gasteiger partial charge in [-0.2, -0.15) is 4.98 Å². The maximum Gasteiger partial charge on any atom is 0.258 e. The Morgan fingerprint density at radius 3 is 2.93 bits per heavy atom. The highest BCUT2D eigenvalue weighted by Crippen LogP contribution is 2.31. The van der Waals surface area contributed by atoms with Gasteiger partial charge in [-0.15, -0.1) is 0 Å². The molecule has 3 heterocycles. The number of amides is 2. The molecule has 8 nitrogen and oxygen atoms in total. The van der Waals surface area contributed by atoms with Crippen molar-refractivity contribution in [3.8, 4) is 0 Å². The van der Waals surface area contributed by atoms with Crippen LogP contribution in [-0.4, -0.2) is 34.9 Å². The van der Waals surface area contributed by atoms with Gasteiger partial charge < -0.3 is 15.5 Å². The van der Waals surface area contributed by atoms with Crippen molar-refractivity contribution in [1.29, 1.82) is 0 Å². The first-order valence-corrected chi connectivity index (χ1v) is 9.66. The van der Waals surface area contributed by atoms with Crippen LogP contribution in [0.5, 0.6) is 0 Å². The van der Waals surface area contributed by atoms with E-state index >= 15 is 0 Å². The van der Waals surface area contributed by atoms with Crippen molar-refractivity contribution in [2.45, 2.75) is 32.1 Å². The number of nitrogens with zero attached hydrogens (tertiary/aromatic N) is 2. The summed E-state index contributed by atoms with van der Waals surface area (Å²) in [7, 11) is 0. The van der Waals surface area contributed by atoms with Crippen LogP contribution in [0.4, 0.5) is 21.8 Å². The van der Waals surface area contributed by atoms with Gasteiger partial charge in [0, 0.05) is 25.2 Å². The highest BCUT2D eigenvalue weighted by Gasteiger charge is 2.35. The topological polar surface area (TPSA) is 107 Å². The predicted octanol–water partition coefficient (Wildman–Crippen LogP) is 2.21. The molecular formula is C20H22FN5O3. The minimum atomic E-state index is -1.01. The molecule has 2 aliphatic heterocycles. The van der Waals surface area contributed by atoms with Crippen LogP contribution in [0.2, 0.25) is 0 Å². The molecule has 1 aromatic heterocycles. The molecule has 9 heteroatoms. The third kappa shape index (κ3) is 3.98. The van der Waals surface area contributed by atoms with Crippen molar-refractivity contribution < 1.29 is 14.0 Å². The lowest BCUT2D eigenvalue weighted by Crippen LogP contribution is -2.40. The summed E-state index contributed by atoms with van der Waals surface area (Å²) in [5.41, 5.74) is -0.0826. The van der Waals surface area contributed by atoms with Gasteiger partial charge in [-0.25, -0.2) is 4.39 Å². The number of carbonyl (C=O) groups is 2. The van der Waals surface area contributed by atoms with E-state index in [0.29, 0.717) is 11.9 Å². The summed E-state index contributed by atoms with van der Waals surface area (Å²) in [5.74, 6) is -1.47. The van der Waals surface area contributed by atoms with E-state index in [1.807, 2.05) is 4.90 Å². The molecule has 1 saturated heterocycles. The molecule has 4 rings (SSSR count). The number of aromatic amines is 1. The number of carbonyl (C=O) groups excluding carboxylic acids is 2. The van der Waals surface area contributed by atoms with Gasteiger partial charge in [-0.05, 0) is 37.0 Å². The maximum absolute atomic E-state index is 13.4. The molecule has 0 saturated carbocycles. The number of aromatic nitrogens is 2. The summed E-state index contributed by atoms with van der Waals surface area (Å²) in [6.07, 6.45) is 1.93. The molecule has 2 atom stereocenters. The average molecular weight is 399 g/mol. The van der Waals surface area contributed by atoms with E-state index in [4.69, 9.17) is 0 Å². The van der Waals surface area contributed by atoms with Gasteiger partial charge in [0.1, 0.15) is 11.6 Å². The molecule has 0 aliphatic carbocycles. The smallest absolute Gasteiger partial charge is 0.258 e. The van der Waals surface area contributed by atoms with E-state index in [0.717, 1.165) is 25.9 Å². The van der Waals surface area contributed by atoms with Crippen LogP contribution < -0.4 is 21.1 Å². The summed E-state index contributed by atoms with van der Waals surface area (Å²) in [6, 6.07) is 5.43. The van der Waals surface area contributed by atoms with E-state index in [1.54, 1.807) is 0 Å². The lowest BCUT2D eigenvalue weighted by atomic mass is 9.92. The van der Waals surface area contributed by atoms with E-state index in [1.165, 1.54) is 24.3 Å². The Balaban J connectivity index is 1.65. The predicted molar refractivity (Wildman–Crippen MR) is 106 cm³/mol. The summed E-state index contributed by atoms with van der Waals surface area (Å²) in [4.78, 5) is 47.0. The molecule has 1 aromatic carbocycles. The Labute approximate surface area is 166 Å². The molecule has 0 spiro atoms. The van der Waals surface area contributed by atoms with Crippen molar-refractivity contribution in [3.05, 3.63) is 46.0 Å². The Morgan fingerprint density at radius 2 is 2.17 bits per heavy atom. The molecule has 0 unspecified atom stereocenters. The second-order valence-corrected chi connectivity index (χ2v) is 7.65. The van der Waals surface area contributed by atoms with Crippen LogP contribution in [0.25, 0.3) is 0 Å². The number of nitrogens with one attached hydrogen (secondary N) is 3. The molecule has 2 amide bonds. The summed E-state index contributed by atoms with van der Waals surface area (Å²) < 4.78 is 13.4. The minimum absolute atomic E-state index is 0.109. The van der Waals surface area contributed by atoms with Crippen molar-refractivity contribution in [3.63, 3.8) is 0 Å². The van der Waals surface area contributed by atoms with Gasteiger partial charge >= 0.3 is 0 Å². The Morgan fingerprint density at radius 1 is 1.34 bits per heavy atom. The zero-order chi connectivity index (χ0) is 20.5. The van der Waals surface area contributed by atoms with Gasteiger partial charge in [0.15, 0.2) is 0 Å². The summed E-state index contributed by atoms with van der Waals surface area (Å²) >= 11 is 0. The lowest BCUT2D eigenvalue weighted by molar-refractivity contribution is -0.123. The van der Waals surface area contributed by atoms with Crippen molar-refractivity contribution in [2.75, 3.05) is 28.6 Å². The molecule has 0 radical (unpaired) electrons. The van der Waals surface area contributed by atoms with Crippen molar-refractivity contribution in [1.82, 2.24) is 9.97 Å². The average Bonchev–Trinajstić information content (AvgIpc) is 2.67. The Hall–Kier alpha value is -3.23. The number of fused-ring (bicyclic) bond motifs is 1. The van der Waals surface area contributed by atoms with Crippen molar-refractivity contribution in [2.24, 2.45) is 5.92 Å². The van der Waals surface area contributed by atoms with E-state index in [-0.39, 0.29) is 23.5 Å². The third-order valence-electron chi connectivity index (χ3n) is 5.30. The second-order valence-electron chi connectivity index (χ2n) is 7.65. The van der Waals surface area contributed by atoms with Gasteiger partial charge in [0.05, 0.1) is 11.5 Å². The molecule has 29 heavy (non-hydrogen) atoms. The van der Waals surface area contributed by atoms with Crippen LogP contribution >= 0.6 is 0 Å². The monoisotopic (exact) mass is 399 g/mol. The second kappa shape index (κ2) is 7.65. The summed E-state index contributed by atoms with van der Waals surface area (Å²) in [5, 5.41) is 5.19. The lowest BCUT2D eigenvalue weighted by Gasteiger charge is -2.32. The highest BCUT2D eigenvalue weighted by atomic mass is 19.1. The SMILES string of the molecule is C[C@H]1CCCN(c2nc3c(c(=O)[nH]2)[C@@H](C(=O)Nc2cccc(F)c2)CC(=O)N3)C1. The van der Waals surface area contributed by atoms with Crippen LogP contribution in [0.3, 0.4) is 0 Å². The quantitative estimate of drug-likeness (QED) is 0.734. The van der Waals surface area contributed by atoms with Crippen LogP contribution in [0.15, 0.2) is 29.1 Å². The molecule has 0 bridgehead atoms. The number of rotatable bonds is 3. The van der Waals surface area contributed by atoms with E-state index < -0.39 is 29.1 Å². The minimum Gasteiger partial charge on any atom is -0.342 e. The molecular weight excluding hydrogens is 377 g/mol. The number of piperidine rings is 1. The normalized spacial score (nSPS) is 21.3. The molecule has 2 aromatic rings. The number of halogens is 1. The Kier molecular flexibility index (Phi) is 5.04. The number of hydrogen-bond acceptors (Lipinski definition) is 5. The van der Waals surface area contributed by atoms with Gasteiger partial charge in [-0.1, -0.05) is 13.0 Å². The molecule has 1 fully saturated rings. The van der Waals surface area contributed by atoms with Crippen molar-refractivity contribution >= 4 is 29.3 Å². The first kappa shape index (κ1) is 19.1. The van der Waals surface area contributed by atoms with Gasteiger partial charge in [0.2, 0.25) is 17.8 Å². The third-order valence-corrected chi connectivity index (χ3v) is 5.30. The highest BCUT2D eigenvalue weighted by molar-refractivity contribution is 6.04. The van der Waals surface area contributed by atoms with Crippen LogP contribution in [-0.2, 0) is 9.59 Å². The largest absolute Gasteiger partial charge is 0.342 e. The molecule has 3 N–H and O–H groups in total. The fourth-order valence-corrected chi connectivity index (χ4v) is 3.91. The zero-order valence-corrected chi connectivity index (χ0v) is 16.0. The number of H-pyrrole nitrogens is 1.